The van der Waals surface area contributed by atoms with Gasteiger partial charge in [-0.05, 0) is 52.3 Å². The fourth-order valence-electron chi connectivity index (χ4n) is 2.44. The quantitative estimate of drug-likeness (QED) is 0.583. The Morgan fingerprint density at radius 3 is 2.37 bits per heavy atom. The van der Waals surface area contributed by atoms with Crippen molar-refractivity contribution in [2.75, 3.05) is 26.6 Å². The molecule has 8 heteroatoms. The molecule has 0 saturated carbocycles. The van der Waals surface area contributed by atoms with E-state index in [-0.39, 0.29) is 5.91 Å². The molecular weight excluding hydrogens is 432 g/mol. The number of nitrogens with one attached hydrogen (secondary N) is 1. The molecule has 6 nitrogen and oxygen atoms in total. The highest BCUT2D eigenvalue weighted by atomic mass is 79.9. The molecule has 0 atom stereocenters. The molecule has 2 aromatic carbocycles. The third-order valence-corrected chi connectivity index (χ3v) is 5.20. The van der Waals surface area contributed by atoms with Crippen LogP contribution in [0.25, 0.3) is 11.3 Å². The minimum Gasteiger partial charge on any atom is -0.496 e. The number of methoxy groups -OCH3 is 3. The van der Waals surface area contributed by atoms with Gasteiger partial charge in [0.05, 0.1) is 31.5 Å². The number of halogens is 1. The number of benzene rings is 2. The van der Waals surface area contributed by atoms with Gasteiger partial charge in [0.1, 0.15) is 5.75 Å². The summed E-state index contributed by atoms with van der Waals surface area (Å²) in [7, 11) is 4.69. The maximum Gasteiger partial charge on any atom is 0.257 e. The molecule has 0 fully saturated rings. The van der Waals surface area contributed by atoms with E-state index in [0.717, 1.165) is 21.5 Å². The van der Waals surface area contributed by atoms with Gasteiger partial charge in [-0.2, -0.15) is 0 Å². The fraction of sp³-hybridized carbons (Fsp3) is 0.158. The highest BCUT2D eigenvalue weighted by molar-refractivity contribution is 9.10. The lowest BCUT2D eigenvalue weighted by Gasteiger charge is -2.09. The van der Waals surface area contributed by atoms with E-state index in [9.17, 15) is 4.79 Å². The standard InChI is InChI=1S/C19H17BrN2O4S/c1-24-15-6-4-11(8-13(15)20)14-10-27-19(21-14)22-18(23)12-5-7-16(25-2)17(9-12)26-3/h4-10H,1-3H3,(H,21,22,23). The minimum atomic E-state index is -0.271. The van der Waals surface area contributed by atoms with Crippen LogP contribution in [0, 0.1) is 0 Å². The van der Waals surface area contributed by atoms with Crippen molar-refractivity contribution in [2.45, 2.75) is 0 Å². The first-order valence-electron chi connectivity index (χ1n) is 7.88. The number of ether oxygens (including phenoxy) is 3. The second-order valence-electron chi connectivity index (χ2n) is 5.41. The molecule has 1 N–H and O–H groups in total. The Morgan fingerprint density at radius 1 is 1.00 bits per heavy atom. The molecule has 3 rings (SSSR count). The third kappa shape index (κ3) is 4.23. The maximum atomic E-state index is 12.5. The van der Waals surface area contributed by atoms with Crippen LogP contribution in [0.3, 0.4) is 0 Å². The second-order valence-corrected chi connectivity index (χ2v) is 7.12. The summed E-state index contributed by atoms with van der Waals surface area (Å²) in [6.45, 7) is 0. The number of anilines is 1. The van der Waals surface area contributed by atoms with E-state index < -0.39 is 0 Å². The van der Waals surface area contributed by atoms with Crippen molar-refractivity contribution in [3.05, 3.63) is 51.8 Å². The summed E-state index contributed by atoms with van der Waals surface area (Å²) in [5.74, 6) is 1.53. The van der Waals surface area contributed by atoms with E-state index in [4.69, 9.17) is 14.2 Å². The molecule has 0 unspecified atom stereocenters. The van der Waals surface area contributed by atoms with Crippen LogP contribution >= 0.6 is 27.3 Å². The number of amides is 1. The lowest BCUT2D eigenvalue weighted by molar-refractivity contribution is 0.102. The fourth-order valence-corrected chi connectivity index (χ4v) is 3.69. The van der Waals surface area contributed by atoms with Crippen LogP contribution in [0.5, 0.6) is 17.2 Å². The van der Waals surface area contributed by atoms with E-state index in [2.05, 4.69) is 26.2 Å². The van der Waals surface area contributed by atoms with Gasteiger partial charge in [-0.15, -0.1) is 11.3 Å². The van der Waals surface area contributed by atoms with Crippen molar-refractivity contribution in [1.29, 1.82) is 0 Å². The van der Waals surface area contributed by atoms with E-state index >= 15 is 0 Å². The first kappa shape index (κ1) is 19.2. The normalized spacial score (nSPS) is 10.4. The first-order valence-corrected chi connectivity index (χ1v) is 9.55. The van der Waals surface area contributed by atoms with Crippen molar-refractivity contribution in [3.8, 4) is 28.5 Å². The molecule has 0 radical (unpaired) electrons. The van der Waals surface area contributed by atoms with Gasteiger partial charge in [-0.1, -0.05) is 0 Å². The van der Waals surface area contributed by atoms with Crippen LogP contribution in [-0.4, -0.2) is 32.2 Å². The molecule has 0 aliphatic rings. The van der Waals surface area contributed by atoms with Crippen LogP contribution in [0.1, 0.15) is 10.4 Å². The van der Waals surface area contributed by atoms with Crippen LogP contribution < -0.4 is 19.5 Å². The number of thiazole rings is 1. The predicted octanol–water partition coefficient (Wildman–Crippen LogP) is 4.85. The molecule has 1 amide bonds. The van der Waals surface area contributed by atoms with Crippen molar-refractivity contribution in [2.24, 2.45) is 0 Å². The molecule has 0 aliphatic carbocycles. The molecule has 0 saturated heterocycles. The Hall–Kier alpha value is -2.58. The zero-order chi connectivity index (χ0) is 19.4. The highest BCUT2D eigenvalue weighted by Crippen LogP contribution is 2.32. The molecule has 140 valence electrons. The van der Waals surface area contributed by atoms with E-state index in [1.54, 1.807) is 32.4 Å². The van der Waals surface area contributed by atoms with Crippen LogP contribution in [0.4, 0.5) is 5.13 Å². The molecule has 0 bridgehead atoms. The number of carbonyl (C=O) groups is 1. The Kier molecular flexibility index (Phi) is 5.98. The molecule has 1 heterocycles. The monoisotopic (exact) mass is 448 g/mol. The number of hydrogen-bond acceptors (Lipinski definition) is 6. The van der Waals surface area contributed by atoms with E-state index in [0.29, 0.717) is 22.2 Å². The van der Waals surface area contributed by atoms with Crippen LogP contribution in [0.15, 0.2) is 46.3 Å². The highest BCUT2D eigenvalue weighted by Gasteiger charge is 2.13. The van der Waals surface area contributed by atoms with Gasteiger partial charge in [0.2, 0.25) is 0 Å². The Labute approximate surface area is 169 Å². The first-order chi connectivity index (χ1) is 13.0. The minimum absolute atomic E-state index is 0.271. The van der Waals surface area contributed by atoms with Gasteiger partial charge in [0.25, 0.3) is 5.91 Å². The van der Waals surface area contributed by atoms with Gasteiger partial charge < -0.3 is 14.2 Å². The average Bonchev–Trinajstić information content (AvgIpc) is 3.15. The van der Waals surface area contributed by atoms with Gasteiger partial charge >= 0.3 is 0 Å². The molecule has 0 aliphatic heterocycles. The van der Waals surface area contributed by atoms with Gasteiger partial charge in [0, 0.05) is 16.5 Å². The maximum absolute atomic E-state index is 12.5. The topological polar surface area (TPSA) is 69.7 Å². The zero-order valence-corrected chi connectivity index (χ0v) is 17.3. The number of aromatic nitrogens is 1. The summed E-state index contributed by atoms with van der Waals surface area (Å²) >= 11 is 4.82. The number of hydrogen-bond donors (Lipinski definition) is 1. The van der Waals surface area contributed by atoms with Crippen molar-refractivity contribution in [3.63, 3.8) is 0 Å². The summed E-state index contributed by atoms with van der Waals surface area (Å²) in [5, 5.41) is 5.21. The lowest BCUT2D eigenvalue weighted by Crippen LogP contribution is -2.12. The second kappa shape index (κ2) is 8.41. The van der Waals surface area contributed by atoms with Crippen molar-refractivity contribution < 1.29 is 19.0 Å². The summed E-state index contributed by atoms with van der Waals surface area (Å²) in [4.78, 5) is 17.0. The molecule has 0 spiro atoms. The van der Waals surface area contributed by atoms with Gasteiger partial charge in [-0.3, -0.25) is 10.1 Å². The Bertz CT molecular complexity index is 974. The molecule has 1 aromatic heterocycles. The summed E-state index contributed by atoms with van der Waals surface area (Å²) in [5.41, 5.74) is 2.15. The van der Waals surface area contributed by atoms with Gasteiger partial charge in [0.15, 0.2) is 16.6 Å². The molecule has 3 aromatic rings. The molecule has 27 heavy (non-hydrogen) atoms. The smallest absolute Gasteiger partial charge is 0.257 e. The lowest BCUT2D eigenvalue weighted by atomic mass is 10.2. The van der Waals surface area contributed by atoms with Crippen LogP contribution in [-0.2, 0) is 0 Å². The van der Waals surface area contributed by atoms with Crippen molar-refractivity contribution >= 4 is 38.3 Å². The average molecular weight is 449 g/mol. The van der Waals surface area contributed by atoms with Crippen molar-refractivity contribution in [1.82, 2.24) is 4.98 Å². The molecular formula is C19H17BrN2O4S. The third-order valence-electron chi connectivity index (χ3n) is 3.82. The number of rotatable bonds is 6. The predicted molar refractivity (Wildman–Crippen MR) is 109 cm³/mol. The van der Waals surface area contributed by atoms with Crippen LogP contribution in [0.2, 0.25) is 0 Å². The van der Waals surface area contributed by atoms with E-state index in [1.165, 1.54) is 18.4 Å². The van der Waals surface area contributed by atoms with Gasteiger partial charge in [-0.25, -0.2) is 4.98 Å². The Balaban J connectivity index is 1.77. The Morgan fingerprint density at radius 2 is 1.70 bits per heavy atom. The zero-order valence-electron chi connectivity index (χ0n) is 14.9. The summed E-state index contributed by atoms with van der Waals surface area (Å²) in [6.07, 6.45) is 0. The SMILES string of the molecule is COc1ccc(-c2csc(NC(=O)c3ccc(OC)c(OC)c3)n2)cc1Br. The largest absolute Gasteiger partial charge is 0.496 e. The van der Waals surface area contributed by atoms with E-state index in [1.807, 2.05) is 23.6 Å². The number of carbonyl (C=O) groups excluding carboxylic acids is 1. The number of nitrogens with zero attached hydrogens (tertiary/aromatic N) is 1. The summed E-state index contributed by atoms with van der Waals surface area (Å²) < 4.78 is 16.5. The summed E-state index contributed by atoms with van der Waals surface area (Å²) in [6, 6.07) is 10.7.